The van der Waals surface area contributed by atoms with Gasteiger partial charge in [0.2, 0.25) is 0 Å². The van der Waals surface area contributed by atoms with Crippen LogP contribution in [0.3, 0.4) is 0 Å². The average molecular weight is 378 g/mol. The van der Waals surface area contributed by atoms with Crippen molar-refractivity contribution in [3.05, 3.63) is 18.2 Å². The number of nitrogens with zero attached hydrogens (tertiary/aromatic N) is 1. The molecule has 1 aliphatic carbocycles. The first-order valence-electron chi connectivity index (χ1n) is 9.30. The predicted octanol–water partition coefficient (Wildman–Crippen LogP) is 4.48. The van der Waals surface area contributed by atoms with Crippen LogP contribution < -0.4 is 9.47 Å². The van der Waals surface area contributed by atoms with Crippen LogP contribution in [0.15, 0.2) is 18.2 Å². The van der Waals surface area contributed by atoms with Gasteiger partial charge in [-0.2, -0.15) is 0 Å². The summed E-state index contributed by atoms with van der Waals surface area (Å²) in [6.07, 6.45) is 2.98. The number of aromatic nitrogens is 1. The van der Waals surface area contributed by atoms with E-state index in [1.54, 1.807) is 18.3 Å². The smallest absolute Gasteiger partial charge is 0.274 e. The third-order valence-corrected chi connectivity index (χ3v) is 5.47. The molecule has 5 nitrogen and oxygen atoms in total. The van der Waals surface area contributed by atoms with Crippen LogP contribution >= 0.6 is 11.3 Å². The van der Waals surface area contributed by atoms with E-state index in [-0.39, 0.29) is 5.78 Å². The molecule has 0 N–H and O–H groups in total. The van der Waals surface area contributed by atoms with Gasteiger partial charge in [0.15, 0.2) is 0 Å². The van der Waals surface area contributed by atoms with Gasteiger partial charge in [0.1, 0.15) is 11.5 Å². The maximum atomic E-state index is 11.1. The van der Waals surface area contributed by atoms with E-state index < -0.39 is 0 Å². The van der Waals surface area contributed by atoms with Crippen LogP contribution in [-0.4, -0.2) is 36.7 Å². The van der Waals surface area contributed by atoms with Crippen molar-refractivity contribution in [2.75, 3.05) is 19.8 Å². The van der Waals surface area contributed by atoms with E-state index in [0.717, 1.165) is 28.8 Å². The Labute approximate surface area is 158 Å². The second kappa shape index (κ2) is 8.82. The van der Waals surface area contributed by atoms with Gasteiger partial charge < -0.3 is 19.0 Å². The molecule has 1 aliphatic rings. The number of rotatable bonds is 10. The van der Waals surface area contributed by atoms with E-state index in [9.17, 15) is 4.79 Å². The predicted molar refractivity (Wildman–Crippen MR) is 103 cm³/mol. The molecule has 0 unspecified atom stereocenters. The lowest BCUT2D eigenvalue weighted by Gasteiger charge is -2.35. The van der Waals surface area contributed by atoms with Crippen molar-refractivity contribution < 1.29 is 19.0 Å². The van der Waals surface area contributed by atoms with Crippen LogP contribution in [0.1, 0.15) is 40.0 Å². The molecule has 0 amide bonds. The van der Waals surface area contributed by atoms with Crippen LogP contribution in [0.25, 0.3) is 10.2 Å². The second-order valence-electron chi connectivity index (χ2n) is 7.16. The number of fused-ring (bicyclic) bond motifs is 1. The van der Waals surface area contributed by atoms with E-state index in [0.29, 0.717) is 49.4 Å². The molecule has 0 bridgehead atoms. The van der Waals surface area contributed by atoms with Gasteiger partial charge in [0, 0.05) is 13.0 Å². The van der Waals surface area contributed by atoms with Crippen LogP contribution in [0.2, 0.25) is 0 Å². The minimum absolute atomic E-state index is 0.229. The van der Waals surface area contributed by atoms with E-state index in [1.165, 1.54) is 0 Å². The summed E-state index contributed by atoms with van der Waals surface area (Å²) in [5, 5.41) is 0.706. The van der Waals surface area contributed by atoms with Crippen molar-refractivity contribution in [1.29, 1.82) is 0 Å². The van der Waals surface area contributed by atoms with Gasteiger partial charge in [-0.15, -0.1) is 0 Å². The van der Waals surface area contributed by atoms with Crippen LogP contribution in [0.4, 0.5) is 0 Å². The summed E-state index contributed by atoms with van der Waals surface area (Å²) in [6, 6.07) is 5.98. The number of hydrogen-bond acceptors (Lipinski definition) is 6. The molecule has 1 fully saturated rings. The SMILES string of the molecule is CCOc1nc2ccc(OCC3CC(OC[C@H](C)CC(C)=O)C3)cc2s1. The second-order valence-corrected chi connectivity index (χ2v) is 8.15. The lowest BCUT2D eigenvalue weighted by molar-refractivity contribution is -0.119. The molecular formula is C20H27NO4S. The number of ketones is 1. The quantitative estimate of drug-likeness (QED) is 0.611. The van der Waals surface area contributed by atoms with Crippen molar-refractivity contribution in [3.63, 3.8) is 0 Å². The monoisotopic (exact) mass is 377 g/mol. The first kappa shape index (κ1) is 19.1. The van der Waals surface area contributed by atoms with E-state index >= 15 is 0 Å². The van der Waals surface area contributed by atoms with Gasteiger partial charge in [-0.3, -0.25) is 0 Å². The summed E-state index contributed by atoms with van der Waals surface area (Å²) in [4.78, 5) is 15.5. The van der Waals surface area contributed by atoms with Gasteiger partial charge in [0.25, 0.3) is 5.19 Å². The van der Waals surface area contributed by atoms with E-state index in [2.05, 4.69) is 11.9 Å². The highest BCUT2D eigenvalue weighted by atomic mass is 32.1. The van der Waals surface area contributed by atoms with Crippen LogP contribution in [-0.2, 0) is 9.53 Å². The fraction of sp³-hybridized carbons (Fsp3) is 0.600. The molecule has 1 aromatic heterocycles. The highest BCUT2D eigenvalue weighted by Crippen LogP contribution is 2.33. The number of carbonyl (C=O) groups excluding carboxylic acids is 1. The fourth-order valence-corrected chi connectivity index (χ4v) is 4.07. The summed E-state index contributed by atoms with van der Waals surface area (Å²) in [6.45, 7) is 7.66. The molecule has 0 aliphatic heterocycles. The third-order valence-electron chi connectivity index (χ3n) is 4.54. The number of Topliss-reactive ketones (excluding diaryl/α,β-unsaturated/α-hetero) is 1. The zero-order chi connectivity index (χ0) is 18.5. The Morgan fingerprint density at radius 1 is 1.35 bits per heavy atom. The van der Waals surface area contributed by atoms with Gasteiger partial charge in [0.05, 0.1) is 29.5 Å². The molecule has 2 aromatic rings. The summed E-state index contributed by atoms with van der Waals surface area (Å²) >= 11 is 1.55. The minimum Gasteiger partial charge on any atom is -0.493 e. The van der Waals surface area contributed by atoms with Crippen molar-refractivity contribution >= 4 is 27.3 Å². The lowest BCUT2D eigenvalue weighted by Crippen LogP contribution is -2.36. The fourth-order valence-electron chi connectivity index (χ4n) is 3.17. The Morgan fingerprint density at radius 2 is 2.15 bits per heavy atom. The molecule has 142 valence electrons. The largest absolute Gasteiger partial charge is 0.493 e. The van der Waals surface area contributed by atoms with Crippen molar-refractivity contribution in [2.24, 2.45) is 11.8 Å². The summed E-state index contributed by atoms with van der Waals surface area (Å²) < 4.78 is 18.4. The molecule has 26 heavy (non-hydrogen) atoms. The average Bonchev–Trinajstić information content (AvgIpc) is 2.94. The Balaban J connectivity index is 1.39. The minimum atomic E-state index is 0.229. The molecule has 0 saturated heterocycles. The van der Waals surface area contributed by atoms with E-state index in [4.69, 9.17) is 14.2 Å². The number of carbonyl (C=O) groups is 1. The topological polar surface area (TPSA) is 57.6 Å². The van der Waals surface area contributed by atoms with Crippen molar-refractivity contribution in [2.45, 2.75) is 46.1 Å². The molecule has 0 spiro atoms. The first-order valence-corrected chi connectivity index (χ1v) is 10.1. The molecular weight excluding hydrogens is 350 g/mol. The van der Waals surface area contributed by atoms with E-state index in [1.807, 2.05) is 25.1 Å². The zero-order valence-electron chi connectivity index (χ0n) is 15.7. The third kappa shape index (κ3) is 5.17. The molecule has 0 radical (unpaired) electrons. The standard InChI is InChI=1S/C20H27NO4S/c1-4-23-20-21-18-6-5-16(10-19(18)26-20)25-12-15-8-17(9-15)24-11-13(2)7-14(3)22/h5-6,10,13,15,17H,4,7-9,11-12H2,1-3H3/t13-,15?,17?/m1/s1. The normalized spacial score (nSPS) is 20.6. The molecule has 1 saturated carbocycles. The van der Waals surface area contributed by atoms with Gasteiger partial charge in [-0.25, -0.2) is 4.98 Å². The molecule has 1 atom stereocenters. The van der Waals surface area contributed by atoms with Crippen molar-refractivity contribution in [1.82, 2.24) is 4.98 Å². The Bertz CT molecular complexity index is 738. The van der Waals surface area contributed by atoms with Crippen LogP contribution in [0, 0.1) is 11.8 Å². The Kier molecular flexibility index (Phi) is 6.48. The summed E-state index contributed by atoms with van der Waals surface area (Å²) in [5.74, 6) is 1.95. The highest BCUT2D eigenvalue weighted by Gasteiger charge is 2.30. The summed E-state index contributed by atoms with van der Waals surface area (Å²) in [7, 11) is 0. The summed E-state index contributed by atoms with van der Waals surface area (Å²) in [5.41, 5.74) is 0.947. The highest BCUT2D eigenvalue weighted by molar-refractivity contribution is 7.20. The Morgan fingerprint density at radius 3 is 2.88 bits per heavy atom. The molecule has 1 heterocycles. The lowest BCUT2D eigenvalue weighted by atomic mass is 9.83. The zero-order valence-corrected chi connectivity index (χ0v) is 16.5. The number of ether oxygens (including phenoxy) is 3. The van der Waals surface area contributed by atoms with Crippen molar-refractivity contribution in [3.8, 4) is 10.9 Å². The van der Waals surface area contributed by atoms with Gasteiger partial charge in [-0.1, -0.05) is 18.3 Å². The maximum absolute atomic E-state index is 11.1. The number of thiazole rings is 1. The van der Waals surface area contributed by atoms with Crippen LogP contribution in [0.5, 0.6) is 10.9 Å². The first-order chi connectivity index (χ1) is 12.5. The maximum Gasteiger partial charge on any atom is 0.274 e. The molecule has 3 rings (SSSR count). The molecule has 1 aromatic carbocycles. The molecule has 6 heteroatoms. The van der Waals surface area contributed by atoms with Gasteiger partial charge in [-0.05, 0) is 56.7 Å². The van der Waals surface area contributed by atoms with Gasteiger partial charge >= 0.3 is 0 Å². The number of hydrogen-bond donors (Lipinski definition) is 0. The Hall–Kier alpha value is -1.66. The number of benzene rings is 1.